The van der Waals surface area contributed by atoms with Crippen molar-refractivity contribution < 1.29 is 4.74 Å². The molecule has 1 aromatic carbocycles. The smallest absolute Gasteiger partial charge is 0.154 e. The van der Waals surface area contributed by atoms with Crippen molar-refractivity contribution in [2.24, 2.45) is 5.73 Å². The number of aryl methyl sites for hydroxylation is 1. The zero-order valence-electron chi connectivity index (χ0n) is 10.1. The zero-order valence-corrected chi connectivity index (χ0v) is 11.7. The predicted octanol–water partition coefficient (Wildman–Crippen LogP) is 2.90. The van der Waals surface area contributed by atoms with E-state index in [0.717, 1.165) is 20.7 Å². The number of hydrogen-bond donors (Lipinski definition) is 2. The minimum Gasteiger partial charge on any atom is -0.497 e. The largest absolute Gasteiger partial charge is 0.497 e. The van der Waals surface area contributed by atoms with Gasteiger partial charge in [-0.2, -0.15) is 0 Å². The second kappa shape index (κ2) is 5.41. The summed E-state index contributed by atoms with van der Waals surface area (Å²) in [5.41, 5.74) is 7.27. The number of nitrogen functional groups attached to an aromatic ring is 1. The second-order valence-electron chi connectivity index (χ2n) is 3.63. The summed E-state index contributed by atoms with van der Waals surface area (Å²) in [4.78, 5) is 5.28. The van der Waals surface area contributed by atoms with Crippen LogP contribution >= 0.6 is 23.1 Å². The maximum atomic E-state index is 7.58. The molecule has 0 atom stereocenters. The third kappa shape index (κ3) is 2.83. The Morgan fingerprint density at radius 1 is 1.50 bits per heavy atom. The number of nitrogens with zero attached hydrogens (tertiary/aromatic N) is 1. The summed E-state index contributed by atoms with van der Waals surface area (Å²) < 4.78 is 6.12. The van der Waals surface area contributed by atoms with E-state index in [1.165, 1.54) is 11.8 Å². The Morgan fingerprint density at radius 3 is 2.83 bits per heavy atom. The summed E-state index contributed by atoms with van der Waals surface area (Å²) in [7, 11) is 1.62. The molecule has 0 saturated heterocycles. The van der Waals surface area contributed by atoms with Gasteiger partial charge in [-0.3, -0.25) is 5.41 Å². The van der Waals surface area contributed by atoms with Crippen molar-refractivity contribution in [2.45, 2.75) is 16.2 Å². The van der Waals surface area contributed by atoms with Crippen LogP contribution in [0.15, 0.2) is 32.8 Å². The number of nitrogens with two attached hydrogens (primary N) is 1. The molecule has 0 saturated carbocycles. The molecule has 0 aliphatic heterocycles. The van der Waals surface area contributed by atoms with Gasteiger partial charge in [-0.15, -0.1) is 11.3 Å². The van der Waals surface area contributed by atoms with Gasteiger partial charge in [-0.25, -0.2) is 4.98 Å². The third-order valence-electron chi connectivity index (χ3n) is 2.27. The van der Waals surface area contributed by atoms with Crippen molar-refractivity contribution in [1.29, 1.82) is 5.41 Å². The Kier molecular flexibility index (Phi) is 3.88. The monoisotopic (exact) mass is 279 g/mol. The summed E-state index contributed by atoms with van der Waals surface area (Å²) in [6, 6.07) is 5.47. The van der Waals surface area contributed by atoms with Gasteiger partial charge < -0.3 is 10.5 Å². The summed E-state index contributed by atoms with van der Waals surface area (Å²) in [5, 5.41) is 9.58. The SMILES string of the molecule is COc1ccc(C(=N)N)c(Sc2nc(C)cs2)c1. The lowest BCUT2D eigenvalue weighted by Crippen LogP contribution is -2.12. The highest BCUT2D eigenvalue weighted by atomic mass is 32.2. The number of aromatic nitrogens is 1. The van der Waals surface area contributed by atoms with Gasteiger partial charge in [0, 0.05) is 21.5 Å². The van der Waals surface area contributed by atoms with Gasteiger partial charge in [0.2, 0.25) is 0 Å². The number of nitrogens with one attached hydrogen (secondary N) is 1. The van der Waals surface area contributed by atoms with E-state index in [1.807, 2.05) is 18.4 Å². The Bertz CT molecular complexity index is 580. The topological polar surface area (TPSA) is 72.0 Å². The molecular formula is C12H13N3OS2. The number of rotatable bonds is 4. The quantitative estimate of drug-likeness (QED) is 0.667. The number of ether oxygens (including phenoxy) is 1. The minimum absolute atomic E-state index is 0.0495. The average molecular weight is 279 g/mol. The van der Waals surface area contributed by atoms with Crippen LogP contribution in [-0.2, 0) is 0 Å². The van der Waals surface area contributed by atoms with Crippen molar-refractivity contribution in [1.82, 2.24) is 4.98 Å². The van der Waals surface area contributed by atoms with Crippen molar-refractivity contribution in [3.8, 4) is 5.75 Å². The van der Waals surface area contributed by atoms with Crippen molar-refractivity contribution in [3.63, 3.8) is 0 Å². The van der Waals surface area contributed by atoms with E-state index in [0.29, 0.717) is 5.56 Å². The fourth-order valence-electron chi connectivity index (χ4n) is 1.41. The lowest BCUT2D eigenvalue weighted by atomic mass is 10.2. The van der Waals surface area contributed by atoms with E-state index in [9.17, 15) is 0 Å². The first-order valence-corrected chi connectivity index (χ1v) is 6.92. The summed E-state index contributed by atoms with van der Waals surface area (Å²) in [5.74, 6) is 0.796. The van der Waals surface area contributed by atoms with Crippen molar-refractivity contribution >= 4 is 28.9 Å². The van der Waals surface area contributed by atoms with Gasteiger partial charge in [0.1, 0.15) is 11.6 Å². The Hall–Kier alpha value is -1.53. The van der Waals surface area contributed by atoms with Gasteiger partial charge in [-0.05, 0) is 25.1 Å². The van der Waals surface area contributed by atoms with E-state index in [-0.39, 0.29) is 5.84 Å². The first kappa shape index (κ1) is 12.9. The number of amidine groups is 1. The average Bonchev–Trinajstić information content (AvgIpc) is 2.74. The van der Waals surface area contributed by atoms with E-state index in [2.05, 4.69) is 4.98 Å². The van der Waals surface area contributed by atoms with Gasteiger partial charge in [0.05, 0.1) is 7.11 Å². The first-order valence-electron chi connectivity index (χ1n) is 5.22. The minimum atomic E-state index is 0.0495. The summed E-state index contributed by atoms with van der Waals surface area (Å²) in [6.45, 7) is 1.96. The first-order chi connectivity index (χ1) is 8.60. The van der Waals surface area contributed by atoms with Gasteiger partial charge in [0.25, 0.3) is 0 Å². The van der Waals surface area contributed by atoms with Crippen LogP contribution in [0.25, 0.3) is 0 Å². The van der Waals surface area contributed by atoms with Crippen molar-refractivity contribution in [2.75, 3.05) is 7.11 Å². The molecule has 3 N–H and O–H groups in total. The van der Waals surface area contributed by atoms with E-state index in [4.69, 9.17) is 15.9 Å². The molecule has 0 spiro atoms. The summed E-state index contributed by atoms with van der Waals surface area (Å²) in [6.07, 6.45) is 0. The van der Waals surface area contributed by atoms with E-state index >= 15 is 0 Å². The van der Waals surface area contributed by atoms with Crippen LogP contribution in [0.2, 0.25) is 0 Å². The highest BCUT2D eigenvalue weighted by molar-refractivity contribution is 8.01. The molecule has 1 aromatic heterocycles. The molecule has 0 aliphatic rings. The number of thiazole rings is 1. The zero-order chi connectivity index (χ0) is 13.1. The molecule has 0 unspecified atom stereocenters. The number of hydrogen-bond acceptors (Lipinski definition) is 5. The van der Waals surface area contributed by atoms with Gasteiger partial charge >= 0.3 is 0 Å². The molecule has 0 bridgehead atoms. The lowest BCUT2D eigenvalue weighted by molar-refractivity contribution is 0.413. The normalized spacial score (nSPS) is 10.3. The fourth-order valence-corrected chi connectivity index (χ4v) is 3.38. The molecule has 0 aliphatic carbocycles. The molecule has 18 heavy (non-hydrogen) atoms. The maximum absolute atomic E-state index is 7.58. The van der Waals surface area contributed by atoms with Crippen LogP contribution in [0.1, 0.15) is 11.3 Å². The lowest BCUT2D eigenvalue weighted by Gasteiger charge is -2.08. The second-order valence-corrected chi connectivity index (χ2v) is 5.78. The maximum Gasteiger partial charge on any atom is 0.154 e. The van der Waals surface area contributed by atoms with Crippen LogP contribution in [0.3, 0.4) is 0 Å². The van der Waals surface area contributed by atoms with E-state index in [1.54, 1.807) is 30.6 Å². The van der Waals surface area contributed by atoms with Crippen LogP contribution in [-0.4, -0.2) is 17.9 Å². The Balaban J connectivity index is 2.37. The highest BCUT2D eigenvalue weighted by Crippen LogP contribution is 2.34. The molecule has 0 radical (unpaired) electrons. The molecule has 1 heterocycles. The Labute approximate surface area is 114 Å². The third-order valence-corrected chi connectivity index (χ3v) is 4.39. The van der Waals surface area contributed by atoms with E-state index < -0.39 is 0 Å². The molecule has 2 aromatic rings. The molecule has 2 rings (SSSR count). The number of methoxy groups -OCH3 is 1. The molecule has 0 amide bonds. The summed E-state index contributed by atoms with van der Waals surface area (Å²) >= 11 is 3.08. The highest BCUT2D eigenvalue weighted by Gasteiger charge is 2.10. The molecule has 4 nitrogen and oxygen atoms in total. The van der Waals surface area contributed by atoms with Gasteiger partial charge in [0.15, 0.2) is 4.34 Å². The molecule has 0 fully saturated rings. The van der Waals surface area contributed by atoms with Crippen LogP contribution in [0.4, 0.5) is 0 Å². The van der Waals surface area contributed by atoms with Crippen LogP contribution in [0, 0.1) is 12.3 Å². The Morgan fingerprint density at radius 2 is 2.28 bits per heavy atom. The van der Waals surface area contributed by atoms with Crippen LogP contribution in [0.5, 0.6) is 5.75 Å². The fraction of sp³-hybridized carbons (Fsp3) is 0.167. The number of benzene rings is 1. The van der Waals surface area contributed by atoms with Crippen molar-refractivity contribution in [3.05, 3.63) is 34.8 Å². The van der Waals surface area contributed by atoms with Crippen LogP contribution < -0.4 is 10.5 Å². The standard InChI is InChI=1S/C12H13N3OS2/c1-7-6-17-12(15-7)18-10-5-8(16-2)3-4-9(10)11(13)14/h3-6H,1-2H3,(H3,13,14). The molecule has 94 valence electrons. The molecular weight excluding hydrogens is 266 g/mol. The van der Waals surface area contributed by atoms with Gasteiger partial charge in [-0.1, -0.05) is 11.8 Å². The predicted molar refractivity (Wildman–Crippen MR) is 75.0 cm³/mol. The molecule has 6 heteroatoms.